The molecule has 0 saturated carbocycles. The maximum atomic E-state index is 5.42. The van der Waals surface area contributed by atoms with Crippen LogP contribution in [-0.2, 0) is 12.3 Å². The van der Waals surface area contributed by atoms with Gasteiger partial charge in [0.25, 0.3) is 0 Å². The van der Waals surface area contributed by atoms with Crippen molar-refractivity contribution in [2.45, 2.75) is 31.3 Å². The zero-order chi connectivity index (χ0) is 14.7. The van der Waals surface area contributed by atoms with Crippen molar-refractivity contribution in [2.75, 3.05) is 0 Å². The molecule has 0 fully saturated rings. The van der Waals surface area contributed by atoms with Gasteiger partial charge in [0.2, 0.25) is 0 Å². The van der Waals surface area contributed by atoms with E-state index in [1.165, 1.54) is 11.1 Å². The molecule has 21 heavy (non-hydrogen) atoms. The first-order valence-corrected chi connectivity index (χ1v) is 7.92. The molecule has 0 aliphatic heterocycles. The standard InChI is InChI=1S/C16H17N3OS/c1-3-19-15(14-8-5-9-20-14)17-18-16(19)21-11-13-7-4-6-12(2)10-13/h4-10H,3,11H2,1-2H3. The van der Waals surface area contributed by atoms with Crippen molar-refractivity contribution >= 4 is 11.8 Å². The van der Waals surface area contributed by atoms with Crippen LogP contribution < -0.4 is 0 Å². The van der Waals surface area contributed by atoms with E-state index in [4.69, 9.17) is 4.42 Å². The number of hydrogen-bond acceptors (Lipinski definition) is 4. The van der Waals surface area contributed by atoms with Gasteiger partial charge in [-0.3, -0.25) is 4.57 Å². The molecule has 3 aromatic rings. The Morgan fingerprint density at radius 3 is 2.81 bits per heavy atom. The first-order valence-electron chi connectivity index (χ1n) is 6.93. The molecule has 3 rings (SSSR count). The topological polar surface area (TPSA) is 43.9 Å². The van der Waals surface area contributed by atoms with E-state index in [1.54, 1.807) is 18.0 Å². The third kappa shape index (κ3) is 3.03. The Hall–Kier alpha value is -2.01. The van der Waals surface area contributed by atoms with E-state index < -0.39 is 0 Å². The fraction of sp³-hybridized carbons (Fsp3) is 0.250. The number of nitrogens with zero attached hydrogens (tertiary/aromatic N) is 3. The van der Waals surface area contributed by atoms with E-state index in [0.29, 0.717) is 0 Å². The number of aryl methyl sites for hydroxylation is 1. The minimum absolute atomic E-state index is 0.756. The molecule has 0 N–H and O–H groups in total. The SMILES string of the molecule is CCn1c(SCc2cccc(C)c2)nnc1-c1ccco1. The van der Waals surface area contributed by atoms with Gasteiger partial charge in [-0.05, 0) is 31.5 Å². The van der Waals surface area contributed by atoms with E-state index in [9.17, 15) is 0 Å². The highest BCUT2D eigenvalue weighted by molar-refractivity contribution is 7.98. The molecule has 2 heterocycles. The summed E-state index contributed by atoms with van der Waals surface area (Å²) in [4.78, 5) is 0. The molecular weight excluding hydrogens is 282 g/mol. The quantitative estimate of drug-likeness (QED) is 0.664. The van der Waals surface area contributed by atoms with Gasteiger partial charge in [0.05, 0.1) is 6.26 Å². The first kappa shape index (κ1) is 13.9. The molecule has 0 unspecified atom stereocenters. The predicted molar refractivity (Wildman–Crippen MR) is 84.1 cm³/mol. The van der Waals surface area contributed by atoms with Gasteiger partial charge in [0, 0.05) is 12.3 Å². The van der Waals surface area contributed by atoms with Crippen LogP contribution in [0.15, 0.2) is 52.2 Å². The van der Waals surface area contributed by atoms with Crippen LogP contribution in [0.4, 0.5) is 0 Å². The molecule has 5 heteroatoms. The molecule has 0 saturated heterocycles. The Morgan fingerprint density at radius 1 is 1.19 bits per heavy atom. The minimum atomic E-state index is 0.756. The molecular formula is C16H17N3OS. The van der Waals surface area contributed by atoms with Gasteiger partial charge in [0.15, 0.2) is 16.7 Å². The van der Waals surface area contributed by atoms with Gasteiger partial charge in [-0.1, -0.05) is 41.6 Å². The van der Waals surface area contributed by atoms with Crippen molar-refractivity contribution in [1.29, 1.82) is 0 Å². The molecule has 0 radical (unpaired) electrons. The third-order valence-corrected chi connectivity index (χ3v) is 4.26. The van der Waals surface area contributed by atoms with E-state index in [-0.39, 0.29) is 0 Å². The largest absolute Gasteiger partial charge is 0.461 e. The van der Waals surface area contributed by atoms with Gasteiger partial charge in [-0.25, -0.2) is 0 Å². The predicted octanol–water partition coefficient (Wildman–Crippen LogP) is 4.16. The molecule has 0 spiro atoms. The summed E-state index contributed by atoms with van der Waals surface area (Å²) in [7, 11) is 0. The molecule has 0 aliphatic carbocycles. The van der Waals surface area contributed by atoms with Gasteiger partial charge in [-0.15, -0.1) is 10.2 Å². The van der Waals surface area contributed by atoms with Gasteiger partial charge in [0.1, 0.15) is 0 Å². The normalized spacial score (nSPS) is 11.0. The fourth-order valence-corrected chi connectivity index (χ4v) is 3.16. The van der Waals surface area contributed by atoms with Crippen LogP contribution >= 0.6 is 11.8 Å². The summed E-state index contributed by atoms with van der Waals surface area (Å²) in [6, 6.07) is 12.3. The Labute approximate surface area is 128 Å². The second-order valence-corrected chi connectivity index (χ2v) is 5.75. The molecule has 0 bridgehead atoms. The molecule has 0 atom stereocenters. The lowest BCUT2D eigenvalue weighted by Crippen LogP contribution is -1.99. The third-order valence-electron chi connectivity index (χ3n) is 3.23. The van der Waals surface area contributed by atoms with Gasteiger partial charge in [-0.2, -0.15) is 0 Å². The first-order chi connectivity index (χ1) is 10.3. The maximum absolute atomic E-state index is 5.42. The van der Waals surface area contributed by atoms with Crippen LogP contribution in [0.5, 0.6) is 0 Å². The van der Waals surface area contributed by atoms with E-state index in [2.05, 4.69) is 52.9 Å². The summed E-state index contributed by atoms with van der Waals surface area (Å²) in [5.41, 5.74) is 2.58. The van der Waals surface area contributed by atoms with Crippen molar-refractivity contribution in [3.8, 4) is 11.6 Å². The molecule has 4 nitrogen and oxygen atoms in total. The zero-order valence-corrected chi connectivity index (χ0v) is 12.9. The van der Waals surface area contributed by atoms with Crippen LogP contribution in [0, 0.1) is 6.92 Å². The summed E-state index contributed by atoms with van der Waals surface area (Å²) < 4.78 is 7.50. The van der Waals surface area contributed by atoms with Crippen molar-refractivity contribution < 1.29 is 4.42 Å². The molecule has 108 valence electrons. The summed E-state index contributed by atoms with van der Waals surface area (Å²) in [5, 5.41) is 9.48. The van der Waals surface area contributed by atoms with Crippen LogP contribution in [0.3, 0.4) is 0 Å². The lowest BCUT2D eigenvalue weighted by atomic mass is 10.2. The fourth-order valence-electron chi connectivity index (χ4n) is 2.22. The Bertz CT molecular complexity index is 719. The van der Waals surface area contributed by atoms with Crippen LogP contribution in [0.1, 0.15) is 18.1 Å². The molecule has 1 aromatic carbocycles. The van der Waals surface area contributed by atoms with Gasteiger partial charge >= 0.3 is 0 Å². The van der Waals surface area contributed by atoms with Crippen LogP contribution in [0.25, 0.3) is 11.6 Å². The number of hydrogen-bond donors (Lipinski definition) is 0. The van der Waals surface area contributed by atoms with E-state index in [0.717, 1.165) is 29.0 Å². The lowest BCUT2D eigenvalue weighted by molar-refractivity contribution is 0.567. The second kappa shape index (κ2) is 6.18. The highest BCUT2D eigenvalue weighted by atomic mass is 32.2. The Kier molecular flexibility index (Phi) is 4.10. The zero-order valence-electron chi connectivity index (χ0n) is 12.1. The highest BCUT2D eigenvalue weighted by Crippen LogP contribution is 2.26. The lowest BCUT2D eigenvalue weighted by Gasteiger charge is -2.06. The number of benzene rings is 1. The average Bonchev–Trinajstić information content (AvgIpc) is 3.13. The van der Waals surface area contributed by atoms with Crippen LogP contribution in [0.2, 0.25) is 0 Å². The number of thioether (sulfide) groups is 1. The smallest absolute Gasteiger partial charge is 0.200 e. The molecule has 0 aliphatic rings. The summed E-state index contributed by atoms with van der Waals surface area (Å²) in [6.07, 6.45) is 1.66. The second-order valence-electron chi connectivity index (χ2n) is 4.81. The number of rotatable bonds is 5. The number of furan rings is 1. The number of aromatic nitrogens is 3. The van der Waals surface area contributed by atoms with E-state index in [1.807, 2.05) is 12.1 Å². The highest BCUT2D eigenvalue weighted by Gasteiger charge is 2.14. The van der Waals surface area contributed by atoms with E-state index >= 15 is 0 Å². The van der Waals surface area contributed by atoms with Crippen molar-refractivity contribution in [3.05, 3.63) is 53.8 Å². The summed E-state index contributed by atoms with van der Waals surface area (Å²) in [5.74, 6) is 2.43. The Balaban J connectivity index is 1.80. The minimum Gasteiger partial charge on any atom is -0.461 e. The molecule has 2 aromatic heterocycles. The van der Waals surface area contributed by atoms with Crippen molar-refractivity contribution in [3.63, 3.8) is 0 Å². The molecule has 0 amide bonds. The van der Waals surface area contributed by atoms with Crippen molar-refractivity contribution in [2.24, 2.45) is 0 Å². The monoisotopic (exact) mass is 299 g/mol. The average molecular weight is 299 g/mol. The summed E-state index contributed by atoms with van der Waals surface area (Å²) in [6.45, 7) is 5.02. The van der Waals surface area contributed by atoms with Gasteiger partial charge < -0.3 is 4.42 Å². The van der Waals surface area contributed by atoms with Crippen molar-refractivity contribution in [1.82, 2.24) is 14.8 Å². The maximum Gasteiger partial charge on any atom is 0.200 e. The van der Waals surface area contributed by atoms with Crippen LogP contribution in [-0.4, -0.2) is 14.8 Å². The Morgan fingerprint density at radius 2 is 2.10 bits per heavy atom. The summed E-state index contributed by atoms with van der Waals surface area (Å²) >= 11 is 1.70.